The number of rotatable bonds is 35. The summed E-state index contributed by atoms with van der Waals surface area (Å²) in [6.07, 6.45) is 64.0. The van der Waals surface area contributed by atoms with Crippen molar-refractivity contribution in [1.29, 1.82) is 0 Å². The molecule has 0 aromatic rings. The monoisotopic (exact) mass is 703 g/mol. The summed E-state index contributed by atoms with van der Waals surface area (Å²) in [5, 5.41) is 9.58. The largest absolute Gasteiger partial charge is 0.457 e. The number of unbranched alkanes of at least 4 members (excludes halogenated alkanes) is 7. The molecule has 1 atom stereocenters. The van der Waals surface area contributed by atoms with E-state index in [1.165, 1.54) is 25.7 Å². The van der Waals surface area contributed by atoms with Crippen LogP contribution in [0.5, 0.6) is 0 Å². The summed E-state index contributed by atoms with van der Waals surface area (Å²) in [5.41, 5.74) is 0. The smallest absolute Gasteiger partial charge is 0.306 e. The molecule has 0 saturated carbocycles. The van der Waals surface area contributed by atoms with Crippen molar-refractivity contribution in [2.45, 2.75) is 148 Å². The first-order valence-corrected chi connectivity index (χ1v) is 20.1. The van der Waals surface area contributed by atoms with Crippen LogP contribution in [0.2, 0.25) is 0 Å². The SMILES string of the molecule is CC/C=C\C/C=C\C/C=C\C/C=C\C/C=C\CCCCCCCCOCC(CO)OC(=O)CCC/C=C\C/C=C\C/C=C\C/C=C\C/C=C\CC. The molecule has 0 rings (SSSR count). The van der Waals surface area contributed by atoms with Gasteiger partial charge in [-0.15, -0.1) is 0 Å². The second-order valence-corrected chi connectivity index (χ2v) is 12.6. The number of hydrogen-bond acceptors (Lipinski definition) is 4. The maximum atomic E-state index is 12.2. The van der Waals surface area contributed by atoms with Gasteiger partial charge >= 0.3 is 5.97 Å². The maximum Gasteiger partial charge on any atom is 0.306 e. The van der Waals surface area contributed by atoms with Crippen molar-refractivity contribution in [1.82, 2.24) is 0 Å². The standard InChI is InChI=1S/C47H74O4/c1-3-5-7-9-11-13-15-17-19-21-22-23-24-25-27-29-31-33-35-37-39-41-43-50-45-46(44-48)51-47(49)42-40-38-36-34-32-30-28-26-20-18-16-14-12-10-8-6-4-2/h5-8,11-14,17-20,22-23,25,27-28,30,34,36,46,48H,3-4,9-10,15-16,21,24,26,29,31-33,35,37-45H2,1-2H3/b7-5-,8-6-,13-11-,14-12-,19-17-,20-18-,23-22-,27-25-,30-28-,36-34-. The van der Waals surface area contributed by atoms with Crippen molar-refractivity contribution in [2.24, 2.45) is 0 Å². The number of aliphatic hydroxyl groups excluding tert-OH is 1. The van der Waals surface area contributed by atoms with E-state index < -0.39 is 6.10 Å². The van der Waals surface area contributed by atoms with E-state index in [1.807, 2.05) is 0 Å². The molecular weight excluding hydrogens is 629 g/mol. The topological polar surface area (TPSA) is 55.8 Å². The van der Waals surface area contributed by atoms with Crippen LogP contribution >= 0.6 is 0 Å². The molecule has 0 aliphatic carbocycles. The van der Waals surface area contributed by atoms with E-state index >= 15 is 0 Å². The van der Waals surface area contributed by atoms with Crippen molar-refractivity contribution >= 4 is 5.97 Å². The van der Waals surface area contributed by atoms with Crippen LogP contribution in [0.4, 0.5) is 0 Å². The van der Waals surface area contributed by atoms with E-state index in [0.717, 1.165) is 96.3 Å². The lowest BCUT2D eigenvalue weighted by molar-refractivity contribution is -0.154. The molecule has 4 nitrogen and oxygen atoms in total. The summed E-state index contributed by atoms with van der Waals surface area (Å²) in [4.78, 5) is 12.2. The average Bonchev–Trinajstić information content (AvgIpc) is 3.14. The highest BCUT2D eigenvalue weighted by Crippen LogP contribution is 2.09. The summed E-state index contributed by atoms with van der Waals surface area (Å²) >= 11 is 0. The molecule has 0 amide bonds. The zero-order chi connectivity index (χ0) is 37.0. The third-order valence-corrected chi connectivity index (χ3v) is 7.78. The molecule has 286 valence electrons. The van der Waals surface area contributed by atoms with E-state index in [9.17, 15) is 9.90 Å². The average molecular weight is 703 g/mol. The van der Waals surface area contributed by atoms with E-state index in [0.29, 0.717) is 13.0 Å². The van der Waals surface area contributed by atoms with Gasteiger partial charge < -0.3 is 14.6 Å². The fraction of sp³-hybridized carbons (Fsp3) is 0.553. The van der Waals surface area contributed by atoms with Gasteiger partial charge in [0.2, 0.25) is 0 Å². The minimum atomic E-state index is -0.581. The Kier molecular flexibility index (Phi) is 40.3. The fourth-order valence-corrected chi connectivity index (χ4v) is 4.86. The van der Waals surface area contributed by atoms with Crippen LogP contribution < -0.4 is 0 Å². The predicted octanol–water partition coefficient (Wildman–Crippen LogP) is 13.3. The van der Waals surface area contributed by atoms with Crippen LogP contribution in [0.15, 0.2) is 122 Å². The van der Waals surface area contributed by atoms with E-state index in [2.05, 4.69) is 135 Å². The molecule has 0 aliphatic heterocycles. The van der Waals surface area contributed by atoms with Crippen molar-refractivity contribution in [2.75, 3.05) is 19.8 Å². The summed E-state index contributed by atoms with van der Waals surface area (Å²) in [5.74, 6) is -0.269. The van der Waals surface area contributed by atoms with Gasteiger partial charge in [-0.2, -0.15) is 0 Å². The number of aliphatic hydroxyl groups is 1. The quantitative estimate of drug-likeness (QED) is 0.0406. The lowest BCUT2D eigenvalue weighted by Gasteiger charge is -2.15. The number of allylic oxidation sites excluding steroid dienone is 20. The molecule has 0 saturated heterocycles. The van der Waals surface area contributed by atoms with Gasteiger partial charge in [0, 0.05) is 13.0 Å². The highest BCUT2D eigenvalue weighted by molar-refractivity contribution is 5.69. The zero-order valence-electron chi connectivity index (χ0n) is 32.6. The van der Waals surface area contributed by atoms with Crippen molar-refractivity contribution in [3.8, 4) is 0 Å². The third-order valence-electron chi connectivity index (χ3n) is 7.78. The van der Waals surface area contributed by atoms with Gasteiger partial charge in [0.15, 0.2) is 0 Å². The minimum Gasteiger partial charge on any atom is -0.457 e. The van der Waals surface area contributed by atoms with Crippen molar-refractivity contribution < 1.29 is 19.4 Å². The summed E-state index contributed by atoms with van der Waals surface area (Å²) < 4.78 is 11.1. The molecule has 0 heterocycles. The Balaban J connectivity index is 3.63. The Morgan fingerprint density at radius 3 is 1.24 bits per heavy atom. The van der Waals surface area contributed by atoms with Gasteiger partial charge in [0.1, 0.15) is 6.10 Å². The number of esters is 1. The normalized spacial score (nSPS) is 13.7. The molecule has 0 fully saturated rings. The molecular formula is C47H74O4. The first kappa shape index (κ1) is 47.8. The Hall–Kier alpha value is -3.21. The van der Waals surface area contributed by atoms with Gasteiger partial charge in [-0.3, -0.25) is 4.79 Å². The first-order chi connectivity index (χ1) is 25.2. The molecule has 1 N–H and O–H groups in total. The van der Waals surface area contributed by atoms with Gasteiger partial charge in [-0.1, -0.05) is 161 Å². The highest BCUT2D eigenvalue weighted by atomic mass is 16.6. The van der Waals surface area contributed by atoms with Gasteiger partial charge in [-0.05, 0) is 96.3 Å². The lowest BCUT2D eigenvalue weighted by atomic mass is 10.1. The van der Waals surface area contributed by atoms with Crippen LogP contribution in [0.25, 0.3) is 0 Å². The Bertz CT molecular complexity index is 1050. The molecule has 0 bridgehead atoms. The third kappa shape index (κ3) is 41.1. The highest BCUT2D eigenvalue weighted by Gasteiger charge is 2.13. The van der Waals surface area contributed by atoms with Gasteiger partial charge in [0.25, 0.3) is 0 Å². The summed E-state index contributed by atoms with van der Waals surface area (Å²) in [6, 6.07) is 0. The molecule has 0 aromatic carbocycles. The van der Waals surface area contributed by atoms with Crippen LogP contribution in [-0.4, -0.2) is 37.0 Å². The molecule has 0 spiro atoms. The molecule has 0 radical (unpaired) electrons. The second-order valence-electron chi connectivity index (χ2n) is 12.6. The molecule has 0 aromatic heterocycles. The first-order valence-electron chi connectivity index (χ1n) is 20.1. The second kappa shape index (κ2) is 43.0. The minimum absolute atomic E-state index is 0.210. The number of carbonyl (C=O) groups is 1. The van der Waals surface area contributed by atoms with Crippen molar-refractivity contribution in [3.05, 3.63) is 122 Å². The van der Waals surface area contributed by atoms with Gasteiger partial charge in [0.05, 0.1) is 13.2 Å². The van der Waals surface area contributed by atoms with Crippen LogP contribution in [-0.2, 0) is 14.3 Å². The summed E-state index contributed by atoms with van der Waals surface area (Å²) in [7, 11) is 0. The van der Waals surface area contributed by atoms with E-state index in [-0.39, 0.29) is 19.2 Å². The molecule has 1 unspecified atom stereocenters. The molecule has 51 heavy (non-hydrogen) atoms. The van der Waals surface area contributed by atoms with Crippen LogP contribution in [0.3, 0.4) is 0 Å². The molecule has 0 aliphatic rings. The van der Waals surface area contributed by atoms with Crippen LogP contribution in [0, 0.1) is 0 Å². The molecule has 4 heteroatoms. The Labute approximate surface area is 314 Å². The summed E-state index contributed by atoms with van der Waals surface area (Å²) in [6.45, 7) is 4.99. The Morgan fingerprint density at radius 1 is 0.471 bits per heavy atom. The van der Waals surface area contributed by atoms with Crippen molar-refractivity contribution in [3.63, 3.8) is 0 Å². The number of ether oxygens (including phenoxy) is 2. The zero-order valence-corrected chi connectivity index (χ0v) is 32.6. The van der Waals surface area contributed by atoms with Crippen LogP contribution in [0.1, 0.15) is 142 Å². The Morgan fingerprint density at radius 2 is 0.824 bits per heavy atom. The predicted molar refractivity (Wildman–Crippen MR) is 223 cm³/mol. The maximum absolute atomic E-state index is 12.2. The van der Waals surface area contributed by atoms with Gasteiger partial charge in [-0.25, -0.2) is 0 Å². The van der Waals surface area contributed by atoms with E-state index in [1.54, 1.807) is 0 Å². The fourth-order valence-electron chi connectivity index (χ4n) is 4.86. The lowest BCUT2D eigenvalue weighted by Crippen LogP contribution is -2.27. The number of carbonyl (C=O) groups excluding carboxylic acids is 1. The number of hydrogen-bond donors (Lipinski definition) is 1. The van der Waals surface area contributed by atoms with E-state index in [4.69, 9.17) is 9.47 Å².